The van der Waals surface area contributed by atoms with Crippen molar-refractivity contribution < 1.29 is 0 Å². The summed E-state index contributed by atoms with van der Waals surface area (Å²) >= 11 is 0. The normalized spacial score (nSPS) is 21.6. The number of pyridine rings is 1. The lowest BCUT2D eigenvalue weighted by Gasteiger charge is -2.22. The molecule has 3 heteroatoms. The smallest absolute Gasteiger partial charge is 0.146 e. The number of aromatic nitrogens is 1. The molecule has 0 unspecified atom stereocenters. The molecule has 2 rings (SSSR count). The van der Waals surface area contributed by atoms with Crippen molar-refractivity contribution in [2.45, 2.75) is 26.7 Å². The monoisotopic (exact) mass is 241 g/mol. The highest BCUT2D eigenvalue weighted by Crippen LogP contribution is 2.26. The molecule has 0 spiro atoms. The molecule has 94 valence electrons. The molecule has 0 fully saturated rings. The summed E-state index contributed by atoms with van der Waals surface area (Å²) in [6.45, 7) is 8.23. The van der Waals surface area contributed by atoms with Gasteiger partial charge >= 0.3 is 0 Å². The van der Waals surface area contributed by atoms with Gasteiger partial charge in [-0.25, -0.2) is 4.98 Å². The first-order chi connectivity index (χ1) is 8.66. The molecule has 0 amide bonds. The molecule has 0 saturated carbocycles. The maximum Gasteiger partial charge on any atom is 0.146 e. The van der Waals surface area contributed by atoms with Crippen molar-refractivity contribution in [2.24, 2.45) is 11.0 Å². The third-order valence-corrected chi connectivity index (χ3v) is 3.27. The number of hydrogen-bond donors (Lipinski definition) is 1. The van der Waals surface area contributed by atoms with E-state index < -0.39 is 0 Å². The Hall–Kier alpha value is -1.90. The van der Waals surface area contributed by atoms with Crippen molar-refractivity contribution in [1.82, 2.24) is 4.98 Å². The van der Waals surface area contributed by atoms with Crippen LogP contribution in [0.4, 0.5) is 5.82 Å². The van der Waals surface area contributed by atoms with Gasteiger partial charge in [-0.3, -0.25) is 5.43 Å². The van der Waals surface area contributed by atoms with Crippen LogP contribution in [0, 0.1) is 5.92 Å². The van der Waals surface area contributed by atoms with Crippen LogP contribution in [0.15, 0.2) is 53.3 Å². The predicted octanol–water partition coefficient (Wildman–Crippen LogP) is 3.78. The molecule has 1 aliphatic carbocycles. The van der Waals surface area contributed by atoms with Gasteiger partial charge in [0, 0.05) is 6.20 Å². The van der Waals surface area contributed by atoms with Crippen LogP contribution in [0.1, 0.15) is 26.7 Å². The van der Waals surface area contributed by atoms with Crippen LogP contribution in [0.2, 0.25) is 0 Å². The number of nitrogens with one attached hydrogen (secondary N) is 1. The average molecular weight is 241 g/mol. The van der Waals surface area contributed by atoms with Gasteiger partial charge in [-0.1, -0.05) is 24.3 Å². The van der Waals surface area contributed by atoms with Crippen molar-refractivity contribution in [3.05, 3.63) is 48.2 Å². The van der Waals surface area contributed by atoms with Gasteiger partial charge in [0.2, 0.25) is 0 Å². The molecule has 0 saturated heterocycles. The minimum atomic E-state index is 0.512. The molecule has 1 heterocycles. The fourth-order valence-electron chi connectivity index (χ4n) is 1.98. The number of allylic oxidation sites excluding steroid dienone is 3. The molecular formula is C15H19N3. The zero-order valence-electron chi connectivity index (χ0n) is 11.0. The zero-order chi connectivity index (χ0) is 13.0. The molecule has 0 aromatic carbocycles. The van der Waals surface area contributed by atoms with Crippen LogP contribution in [-0.2, 0) is 0 Å². The largest absolute Gasteiger partial charge is 0.261 e. The van der Waals surface area contributed by atoms with Crippen LogP contribution in [-0.4, -0.2) is 10.7 Å². The lowest BCUT2D eigenvalue weighted by Crippen LogP contribution is -2.16. The van der Waals surface area contributed by atoms with Gasteiger partial charge in [-0.05, 0) is 50.3 Å². The molecule has 0 bridgehead atoms. The molecule has 1 aromatic heterocycles. The number of hydrazone groups is 1. The van der Waals surface area contributed by atoms with Crippen LogP contribution in [0.5, 0.6) is 0 Å². The second-order valence-corrected chi connectivity index (χ2v) is 4.76. The third-order valence-electron chi connectivity index (χ3n) is 3.27. The fraction of sp³-hybridized carbons (Fsp3) is 0.333. The van der Waals surface area contributed by atoms with Crippen LogP contribution < -0.4 is 5.43 Å². The Morgan fingerprint density at radius 3 is 3.00 bits per heavy atom. The Labute approximate surface area is 108 Å². The lowest BCUT2D eigenvalue weighted by molar-refractivity contribution is 0.639. The van der Waals surface area contributed by atoms with Gasteiger partial charge < -0.3 is 0 Å². The minimum Gasteiger partial charge on any atom is -0.261 e. The Bertz CT molecular complexity index is 486. The second kappa shape index (κ2) is 5.63. The molecule has 1 N–H and O–H groups in total. The number of anilines is 1. The van der Waals surface area contributed by atoms with E-state index in [1.807, 2.05) is 18.2 Å². The molecule has 0 aliphatic heterocycles. The predicted molar refractivity (Wildman–Crippen MR) is 76.6 cm³/mol. The summed E-state index contributed by atoms with van der Waals surface area (Å²) in [7, 11) is 0. The number of hydrogen-bond acceptors (Lipinski definition) is 3. The summed E-state index contributed by atoms with van der Waals surface area (Å²) in [5.41, 5.74) is 6.58. The Balaban J connectivity index is 2.09. The van der Waals surface area contributed by atoms with E-state index in [4.69, 9.17) is 0 Å². The molecular weight excluding hydrogens is 222 g/mol. The highest BCUT2D eigenvalue weighted by molar-refractivity contribution is 6.01. The maximum absolute atomic E-state index is 4.46. The number of nitrogens with zero attached hydrogens (tertiary/aromatic N) is 2. The molecule has 1 atom stereocenters. The molecule has 0 radical (unpaired) electrons. The Kier molecular flexibility index (Phi) is 3.92. The molecule has 1 aliphatic rings. The highest BCUT2D eigenvalue weighted by Gasteiger charge is 2.18. The number of rotatable bonds is 3. The van der Waals surface area contributed by atoms with E-state index in [1.54, 1.807) is 6.20 Å². The lowest BCUT2D eigenvalue weighted by atomic mass is 9.85. The van der Waals surface area contributed by atoms with E-state index in [-0.39, 0.29) is 0 Å². The molecule has 18 heavy (non-hydrogen) atoms. The summed E-state index contributed by atoms with van der Waals surface area (Å²) < 4.78 is 0. The second-order valence-electron chi connectivity index (χ2n) is 4.76. The Morgan fingerprint density at radius 2 is 2.33 bits per heavy atom. The minimum absolute atomic E-state index is 0.512. The molecule has 3 nitrogen and oxygen atoms in total. The van der Waals surface area contributed by atoms with E-state index in [2.05, 4.69) is 42.0 Å². The fourth-order valence-corrected chi connectivity index (χ4v) is 1.98. The first kappa shape index (κ1) is 12.6. The molecule has 1 aromatic rings. The summed E-state index contributed by atoms with van der Waals surface area (Å²) in [4.78, 5) is 4.19. The van der Waals surface area contributed by atoms with Crippen LogP contribution in [0.3, 0.4) is 0 Å². The maximum atomic E-state index is 4.46. The SMILES string of the molecule is C=C(C)[C@@H]1CC=C(C)C(=NNc2ccccn2)C1. The van der Waals surface area contributed by atoms with Crippen molar-refractivity contribution in [3.63, 3.8) is 0 Å². The van der Waals surface area contributed by atoms with Crippen LogP contribution >= 0.6 is 0 Å². The van der Waals surface area contributed by atoms with Gasteiger partial charge in [-0.15, -0.1) is 0 Å². The standard InChI is InChI=1S/C15H19N3/c1-11(2)13-8-7-12(3)14(10-13)17-18-15-6-4-5-9-16-15/h4-7,9,13H,1,8,10H2,2-3H3,(H,16,18)/t13-/m1/s1. The first-order valence-corrected chi connectivity index (χ1v) is 6.23. The van der Waals surface area contributed by atoms with Crippen molar-refractivity contribution in [1.29, 1.82) is 0 Å². The zero-order valence-corrected chi connectivity index (χ0v) is 11.0. The van der Waals surface area contributed by atoms with Gasteiger partial charge in [0.15, 0.2) is 0 Å². The van der Waals surface area contributed by atoms with Crippen molar-refractivity contribution in [2.75, 3.05) is 5.43 Å². The van der Waals surface area contributed by atoms with E-state index in [0.29, 0.717) is 5.92 Å². The average Bonchev–Trinajstić information content (AvgIpc) is 2.38. The third kappa shape index (κ3) is 3.06. The van der Waals surface area contributed by atoms with E-state index >= 15 is 0 Å². The summed E-state index contributed by atoms with van der Waals surface area (Å²) in [5.74, 6) is 1.29. The summed E-state index contributed by atoms with van der Waals surface area (Å²) in [5, 5.41) is 4.46. The quantitative estimate of drug-likeness (QED) is 0.646. The van der Waals surface area contributed by atoms with Gasteiger partial charge in [-0.2, -0.15) is 5.10 Å². The first-order valence-electron chi connectivity index (χ1n) is 6.23. The Morgan fingerprint density at radius 1 is 1.50 bits per heavy atom. The van der Waals surface area contributed by atoms with Crippen molar-refractivity contribution >= 4 is 11.5 Å². The van der Waals surface area contributed by atoms with Crippen molar-refractivity contribution in [3.8, 4) is 0 Å². The van der Waals surface area contributed by atoms with Gasteiger partial charge in [0.1, 0.15) is 5.82 Å². The topological polar surface area (TPSA) is 37.3 Å². The summed E-state index contributed by atoms with van der Waals surface area (Å²) in [6.07, 6.45) is 6.02. The van der Waals surface area contributed by atoms with Gasteiger partial charge in [0.05, 0.1) is 5.71 Å². The van der Waals surface area contributed by atoms with Crippen LogP contribution in [0.25, 0.3) is 0 Å². The van der Waals surface area contributed by atoms with E-state index in [1.165, 1.54) is 11.1 Å². The summed E-state index contributed by atoms with van der Waals surface area (Å²) in [6, 6.07) is 5.74. The van der Waals surface area contributed by atoms with Gasteiger partial charge in [0.25, 0.3) is 0 Å². The highest BCUT2D eigenvalue weighted by atomic mass is 15.3. The van der Waals surface area contributed by atoms with E-state index in [0.717, 1.165) is 24.4 Å². The van der Waals surface area contributed by atoms with E-state index in [9.17, 15) is 0 Å².